The molecule has 2 rings (SSSR count). The Kier molecular flexibility index (Phi) is 4.02. The number of hydrogen-bond acceptors (Lipinski definition) is 4. The maximum atomic E-state index is 13.6. The highest BCUT2D eigenvalue weighted by molar-refractivity contribution is 7.89. The average molecular weight is 307 g/mol. The number of carboxylic acids is 1. The molecule has 0 radical (unpaired) electrons. The van der Waals surface area contributed by atoms with E-state index in [1.165, 1.54) is 0 Å². The minimum Gasteiger partial charge on any atom is -0.479 e. The van der Waals surface area contributed by atoms with Crippen LogP contribution >= 0.6 is 0 Å². The number of ether oxygens (including phenoxy) is 1. The first-order chi connectivity index (χ1) is 9.34. The Bertz CT molecular complexity index is 613. The van der Waals surface area contributed by atoms with Gasteiger partial charge in [0.25, 0.3) is 0 Å². The van der Waals surface area contributed by atoms with Gasteiger partial charge in [-0.2, -0.15) is 4.31 Å². The normalized spacial score (nSPS) is 20.8. The first-order valence-corrected chi connectivity index (χ1v) is 7.06. The van der Waals surface area contributed by atoms with Crippen molar-refractivity contribution in [2.24, 2.45) is 0 Å². The molecule has 1 unspecified atom stereocenters. The van der Waals surface area contributed by atoms with E-state index in [9.17, 15) is 22.0 Å². The Balaban J connectivity index is 2.38. The summed E-state index contributed by atoms with van der Waals surface area (Å²) in [6.45, 7) is -0.822. The summed E-state index contributed by atoms with van der Waals surface area (Å²) in [6, 6.07) is 2.69. The van der Waals surface area contributed by atoms with Crippen LogP contribution in [0.5, 0.6) is 0 Å². The average Bonchev–Trinajstić information content (AvgIpc) is 2.38. The second-order valence-corrected chi connectivity index (χ2v) is 5.99. The van der Waals surface area contributed by atoms with Crippen molar-refractivity contribution < 1.29 is 31.8 Å². The summed E-state index contributed by atoms with van der Waals surface area (Å²) in [5.41, 5.74) is 0. The highest BCUT2D eigenvalue weighted by Gasteiger charge is 2.36. The number of carbonyl (C=O) groups is 1. The molecule has 1 aliphatic rings. The molecule has 1 aromatic carbocycles. The van der Waals surface area contributed by atoms with Gasteiger partial charge in [0, 0.05) is 6.54 Å². The summed E-state index contributed by atoms with van der Waals surface area (Å²) in [4.78, 5) is 9.72. The zero-order valence-electron chi connectivity index (χ0n) is 10.1. The summed E-state index contributed by atoms with van der Waals surface area (Å²) in [6.07, 6.45) is -1.35. The third-order valence-electron chi connectivity index (χ3n) is 2.82. The number of benzene rings is 1. The van der Waals surface area contributed by atoms with Gasteiger partial charge in [-0.1, -0.05) is 6.07 Å². The van der Waals surface area contributed by atoms with Gasteiger partial charge in [-0.15, -0.1) is 0 Å². The molecule has 1 atom stereocenters. The number of nitrogens with zero attached hydrogens (tertiary/aromatic N) is 1. The molecule has 1 saturated heterocycles. The van der Waals surface area contributed by atoms with Crippen molar-refractivity contribution in [3.05, 3.63) is 29.8 Å². The molecular weight excluding hydrogens is 296 g/mol. The fraction of sp³-hybridized carbons (Fsp3) is 0.364. The van der Waals surface area contributed by atoms with Gasteiger partial charge in [-0.3, -0.25) is 0 Å². The van der Waals surface area contributed by atoms with Crippen LogP contribution in [0.3, 0.4) is 0 Å². The molecule has 0 bridgehead atoms. The number of aliphatic carboxylic acids is 1. The van der Waals surface area contributed by atoms with Crippen LogP contribution in [-0.4, -0.2) is 49.6 Å². The second-order valence-electron chi connectivity index (χ2n) is 4.11. The number of morpholine rings is 1. The number of halogens is 2. The summed E-state index contributed by atoms with van der Waals surface area (Å²) in [7, 11) is -4.45. The van der Waals surface area contributed by atoms with Crippen LogP contribution in [0.4, 0.5) is 8.78 Å². The van der Waals surface area contributed by atoms with Crippen LogP contribution in [0.1, 0.15) is 0 Å². The molecule has 1 aromatic rings. The summed E-state index contributed by atoms with van der Waals surface area (Å²) >= 11 is 0. The van der Waals surface area contributed by atoms with Crippen molar-refractivity contribution in [1.82, 2.24) is 4.31 Å². The van der Waals surface area contributed by atoms with Crippen LogP contribution in [-0.2, 0) is 19.6 Å². The number of hydrogen-bond donors (Lipinski definition) is 1. The topological polar surface area (TPSA) is 83.9 Å². The van der Waals surface area contributed by atoms with E-state index in [0.717, 1.165) is 18.2 Å². The van der Waals surface area contributed by atoms with Crippen LogP contribution in [0.25, 0.3) is 0 Å². The molecular formula is C11H11F2NO5S. The van der Waals surface area contributed by atoms with Crippen molar-refractivity contribution in [2.75, 3.05) is 19.7 Å². The van der Waals surface area contributed by atoms with E-state index in [1.54, 1.807) is 0 Å². The third-order valence-corrected chi connectivity index (χ3v) is 4.74. The Morgan fingerprint density at radius 1 is 1.35 bits per heavy atom. The van der Waals surface area contributed by atoms with E-state index in [4.69, 9.17) is 9.84 Å². The number of sulfonamides is 1. The van der Waals surface area contributed by atoms with E-state index in [1.807, 2.05) is 0 Å². The summed E-state index contributed by atoms with van der Waals surface area (Å²) in [5, 5.41) is 8.81. The lowest BCUT2D eigenvalue weighted by Gasteiger charge is -2.30. The van der Waals surface area contributed by atoms with Crippen LogP contribution in [0.15, 0.2) is 23.1 Å². The van der Waals surface area contributed by atoms with Gasteiger partial charge in [0.1, 0.15) is 11.6 Å². The van der Waals surface area contributed by atoms with E-state index in [0.29, 0.717) is 4.31 Å². The molecule has 1 fully saturated rings. The molecule has 20 heavy (non-hydrogen) atoms. The molecule has 0 aliphatic carbocycles. The Morgan fingerprint density at radius 2 is 1.95 bits per heavy atom. The Hall–Kier alpha value is -1.58. The van der Waals surface area contributed by atoms with Gasteiger partial charge in [0.15, 0.2) is 11.0 Å². The van der Waals surface area contributed by atoms with Crippen LogP contribution in [0.2, 0.25) is 0 Å². The fourth-order valence-corrected chi connectivity index (χ4v) is 3.39. The van der Waals surface area contributed by atoms with Gasteiger partial charge >= 0.3 is 5.97 Å². The molecule has 9 heteroatoms. The molecule has 1 heterocycles. The lowest BCUT2D eigenvalue weighted by molar-refractivity contribution is -0.153. The highest BCUT2D eigenvalue weighted by atomic mass is 32.2. The van der Waals surface area contributed by atoms with Crippen LogP contribution in [0, 0.1) is 11.6 Å². The van der Waals surface area contributed by atoms with Gasteiger partial charge < -0.3 is 9.84 Å². The van der Waals surface area contributed by atoms with Crippen molar-refractivity contribution in [2.45, 2.75) is 11.0 Å². The van der Waals surface area contributed by atoms with Crippen molar-refractivity contribution in [1.29, 1.82) is 0 Å². The first kappa shape index (κ1) is 14.8. The minimum atomic E-state index is -4.45. The third kappa shape index (κ3) is 2.65. The zero-order chi connectivity index (χ0) is 14.9. The van der Waals surface area contributed by atoms with E-state index >= 15 is 0 Å². The monoisotopic (exact) mass is 307 g/mol. The molecule has 6 nitrogen and oxygen atoms in total. The SMILES string of the molecule is O=C(O)C1CN(S(=O)(=O)c2c(F)cccc2F)CCO1. The highest BCUT2D eigenvalue weighted by Crippen LogP contribution is 2.24. The van der Waals surface area contributed by atoms with Crippen molar-refractivity contribution in [3.8, 4) is 0 Å². The molecule has 1 aliphatic heterocycles. The summed E-state index contributed by atoms with van der Waals surface area (Å²) < 4.78 is 57.1. The lowest BCUT2D eigenvalue weighted by atomic mass is 10.3. The van der Waals surface area contributed by atoms with Gasteiger partial charge in [-0.25, -0.2) is 22.0 Å². The molecule has 1 N–H and O–H groups in total. The quantitative estimate of drug-likeness (QED) is 0.876. The molecule has 0 spiro atoms. The van der Waals surface area contributed by atoms with Gasteiger partial charge in [-0.05, 0) is 12.1 Å². The molecule has 0 amide bonds. The zero-order valence-corrected chi connectivity index (χ0v) is 10.9. The standard InChI is InChI=1S/C11H11F2NO5S/c12-7-2-1-3-8(13)10(7)20(17,18)14-4-5-19-9(6-14)11(15)16/h1-3,9H,4-6H2,(H,15,16). The number of carboxylic acid groups (broad SMARTS) is 1. The molecule has 0 aromatic heterocycles. The largest absolute Gasteiger partial charge is 0.479 e. The molecule has 0 saturated carbocycles. The van der Waals surface area contributed by atoms with E-state index in [2.05, 4.69) is 0 Å². The van der Waals surface area contributed by atoms with Gasteiger partial charge in [0.05, 0.1) is 13.2 Å². The van der Waals surface area contributed by atoms with E-state index < -0.39 is 45.2 Å². The maximum absolute atomic E-state index is 13.6. The van der Waals surface area contributed by atoms with E-state index in [-0.39, 0.29) is 13.2 Å². The van der Waals surface area contributed by atoms with Crippen LogP contribution < -0.4 is 0 Å². The Morgan fingerprint density at radius 3 is 2.50 bits per heavy atom. The fourth-order valence-electron chi connectivity index (χ4n) is 1.85. The predicted molar refractivity (Wildman–Crippen MR) is 62.5 cm³/mol. The van der Waals surface area contributed by atoms with Crippen molar-refractivity contribution >= 4 is 16.0 Å². The lowest BCUT2D eigenvalue weighted by Crippen LogP contribution is -2.48. The predicted octanol–water partition coefficient (Wildman–Crippen LogP) is 0.439. The minimum absolute atomic E-state index is 0.160. The first-order valence-electron chi connectivity index (χ1n) is 5.62. The maximum Gasteiger partial charge on any atom is 0.334 e. The Labute approximate surface area is 113 Å². The number of rotatable bonds is 3. The van der Waals surface area contributed by atoms with Crippen molar-refractivity contribution in [3.63, 3.8) is 0 Å². The smallest absolute Gasteiger partial charge is 0.334 e. The molecule has 110 valence electrons. The summed E-state index contributed by atoms with van der Waals surface area (Å²) in [5.74, 6) is -3.77. The second kappa shape index (κ2) is 5.43. The van der Waals surface area contributed by atoms with Gasteiger partial charge in [0.2, 0.25) is 10.0 Å².